The van der Waals surface area contributed by atoms with Gasteiger partial charge in [-0.1, -0.05) is 23.2 Å². The highest BCUT2D eigenvalue weighted by atomic mass is 35.5. The number of rotatable bonds is 3. The Morgan fingerprint density at radius 2 is 2.10 bits per heavy atom. The molecule has 0 aliphatic carbocycles. The fourth-order valence-electron chi connectivity index (χ4n) is 1.62. The molecule has 1 N–H and O–H groups in total. The number of nitrogens with zero attached hydrogens (tertiary/aromatic N) is 3. The zero-order valence-corrected chi connectivity index (χ0v) is 12.8. The Morgan fingerprint density at radius 1 is 1.30 bits per heavy atom. The van der Waals surface area contributed by atoms with Crippen molar-refractivity contribution in [2.45, 2.75) is 5.03 Å². The minimum Gasteiger partial charge on any atom is -0.278 e. The summed E-state index contributed by atoms with van der Waals surface area (Å²) in [6.07, 6.45) is 2.91. The Balaban J connectivity index is 2.05. The van der Waals surface area contributed by atoms with Gasteiger partial charge in [0, 0.05) is 11.6 Å². The largest absolute Gasteiger partial charge is 0.281 e. The van der Waals surface area contributed by atoms with Crippen LogP contribution in [0.3, 0.4) is 0 Å². The van der Waals surface area contributed by atoms with E-state index in [0.717, 1.165) is 0 Å². The van der Waals surface area contributed by atoms with Crippen molar-refractivity contribution >= 4 is 55.2 Å². The van der Waals surface area contributed by atoms with E-state index in [1.165, 1.54) is 34.1 Å². The van der Waals surface area contributed by atoms with Gasteiger partial charge in [-0.25, -0.2) is 9.97 Å². The summed E-state index contributed by atoms with van der Waals surface area (Å²) in [7, 11) is -3.87. The predicted octanol–water partition coefficient (Wildman–Crippen LogP) is 2.90. The van der Waals surface area contributed by atoms with Crippen LogP contribution in [0.25, 0.3) is 4.96 Å². The Morgan fingerprint density at radius 3 is 2.80 bits per heavy atom. The van der Waals surface area contributed by atoms with Gasteiger partial charge in [0.2, 0.25) is 0 Å². The van der Waals surface area contributed by atoms with Crippen molar-refractivity contribution in [1.82, 2.24) is 14.4 Å². The number of hydrogen-bond acceptors (Lipinski definition) is 5. The third-order valence-electron chi connectivity index (χ3n) is 2.41. The first-order valence-corrected chi connectivity index (χ1v) is 8.35. The molecule has 6 nitrogen and oxygen atoms in total. The number of hydrogen-bond donors (Lipinski definition) is 1. The molecule has 0 aromatic carbocycles. The molecular formula is C10H6Cl2N4O2S2. The SMILES string of the molecule is O=S(=O)(Nc1ccc(Cl)nc1)c1c(Cl)nc2sccn12. The quantitative estimate of drug-likeness (QED) is 0.738. The Bertz CT molecular complexity index is 870. The summed E-state index contributed by atoms with van der Waals surface area (Å²) < 4.78 is 28.5. The van der Waals surface area contributed by atoms with E-state index >= 15 is 0 Å². The van der Waals surface area contributed by atoms with Crippen molar-refractivity contribution < 1.29 is 8.42 Å². The van der Waals surface area contributed by atoms with Gasteiger partial charge in [0.05, 0.1) is 11.9 Å². The minimum atomic E-state index is -3.87. The van der Waals surface area contributed by atoms with Crippen molar-refractivity contribution in [3.8, 4) is 0 Å². The average molecular weight is 349 g/mol. The average Bonchev–Trinajstić information content (AvgIpc) is 2.91. The number of fused-ring (bicyclic) bond motifs is 1. The molecule has 0 aliphatic heterocycles. The van der Waals surface area contributed by atoms with Crippen LogP contribution in [-0.4, -0.2) is 22.8 Å². The van der Waals surface area contributed by atoms with Crippen LogP contribution in [0, 0.1) is 0 Å². The Labute approximate surface area is 128 Å². The number of thiazole rings is 1. The molecule has 20 heavy (non-hydrogen) atoms. The van der Waals surface area contributed by atoms with Crippen LogP contribution in [0.15, 0.2) is 34.9 Å². The lowest BCUT2D eigenvalue weighted by molar-refractivity contribution is 0.596. The lowest BCUT2D eigenvalue weighted by atomic mass is 10.4. The fraction of sp³-hybridized carbons (Fsp3) is 0. The topological polar surface area (TPSA) is 76.4 Å². The van der Waals surface area contributed by atoms with Gasteiger partial charge in [-0.05, 0) is 12.1 Å². The smallest absolute Gasteiger partial charge is 0.278 e. The van der Waals surface area contributed by atoms with Crippen molar-refractivity contribution in [3.05, 3.63) is 40.2 Å². The molecule has 3 aromatic rings. The first-order chi connectivity index (χ1) is 9.47. The molecule has 3 rings (SSSR count). The van der Waals surface area contributed by atoms with Crippen LogP contribution in [-0.2, 0) is 10.0 Å². The summed E-state index contributed by atoms with van der Waals surface area (Å²) >= 11 is 12.8. The highest BCUT2D eigenvalue weighted by Crippen LogP contribution is 2.27. The minimum absolute atomic E-state index is 0.0775. The summed E-state index contributed by atoms with van der Waals surface area (Å²) in [4.78, 5) is 8.29. The van der Waals surface area contributed by atoms with E-state index in [4.69, 9.17) is 23.2 Å². The lowest BCUT2D eigenvalue weighted by Crippen LogP contribution is -2.15. The molecule has 3 heterocycles. The molecule has 0 fully saturated rings. The molecule has 0 amide bonds. The normalized spacial score (nSPS) is 11.9. The molecule has 0 saturated carbocycles. The van der Waals surface area contributed by atoms with Crippen LogP contribution >= 0.6 is 34.5 Å². The molecule has 10 heteroatoms. The zero-order chi connectivity index (χ0) is 14.3. The molecule has 0 radical (unpaired) electrons. The maximum atomic E-state index is 12.4. The first kappa shape index (κ1) is 13.6. The molecule has 104 valence electrons. The van der Waals surface area contributed by atoms with Crippen molar-refractivity contribution in [1.29, 1.82) is 0 Å². The van der Waals surface area contributed by atoms with Crippen LogP contribution in [0.4, 0.5) is 5.69 Å². The summed E-state index contributed by atoms with van der Waals surface area (Å²) in [5, 5.41) is 1.81. The summed E-state index contributed by atoms with van der Waals surface area (Å²) in [5.74, 6) is 0. The maximum Gasteiger partial charge on any atom is 0.281 e. The van der Waals surface area contributed by atoms with E-state index in [2.05, 4.69) is 14.7 Å². The Kier molecular flexibility index (Phi) is 3.33. The van der Waals surface area contributed by atoms with E-state index in [-0.39, 0.29) is 21.0 Å². The molecule has 0 bridgehead atoms. The lowest BCUT2D eigenvalue weighted by Gasteiger charge is -2.07. The monoisotopic (exact) mass is 348 g/mol. The summed E-state index contributed by atoms with van der Waals surface area (Å²) in [6, 6.07) is 2.99. The van der Waals surface area contributed by atoms with Gasteiger partial charge in [0.1, 0.15) is 5.15 Å². The first-order valence-electron chi connectivity index (χ1n) is 5.23. The highest BCUT2D eigenvalue weighted by molar-refractivity contribution is 7.92. The van der Waals surface area contributed by atoms with Gasteiger partial charge >= 0.3 is 0 Å². The maximum absolute atomic E-state index is 12.4. The van der Waals surface area contributed by atoms with Gasteiger partial charge in [0.25, 0.3) is 10.0 Å². The molecule has 0 aliphatic rings. The summed E-state index contributed by atoms with van der Waals surface area (Å²) in [6.45, 7) is 0. The molecule has 0 saturated heterocycles. The Hall–Kier alpha value is -1.35. The van der Waals surface area contributed by atoms with Crippen LogP contribution in [0.5, 0.6) is 0 Å². The van der Waals surface area contributed by atoms with Crippen LogP contribution in [0.1, 0.15) is 0 Å². The predicted molar refractivity (Wildman–Crippen MR) is 78.1 cm³/mol. The second-order valence-electron chi connectivity index (χ2n) is 3.74. The van der Waals surface area contributed by atoms with Gasteiger partial charge < -0.3 is 0 Å². The fourth-order valence-corrected chi connectivity index (χ4v) is 4.23. The van der Waals surface area contributed by atoms with Crippen molar-refractivity contribution in [3.63, 3.8) is 0 Å². The molecular weight excluding hydrogens is 343 g/mol. The number of aromatic nitrogens is 3. The zero-order valence-electron chi connectivity index (χ0n) is 9.62. The molecule has 0 spiro atoms. The standard InChI is InChI=1S/C10H6Cl2N4O2S2/c11-7-2-1-6(5-13-7)15-20(17,18)9-8(12)14-10-16(9)3-4-19-10/h1-5,15H. The van der Waals surface area contributed by atoms with Gasteiger partial charge in [-0.2, -0.15) is 8.42 Å². The van der Waals surface area contributed by atoms with E-state index in [9.17, 15) is 8.42 Å². The number of sulfonamides is 1. The highest BCUT2D eigenvalue weighted by Gasteiger charge is 2.25. The van der Waals surface area contributed by atoms with Gasteiger partial charge in [0.15, 0.2) is 15.1 Å². The number of imidazole rings is 1. The number of halogens is 2. The second kappa shape index (κ2) is 4.88. The van der Waals surface area contributed by atoms with Crippen molar-refractivity contribution in [2.75, 3.05) is 4.72 Å². The van der Waals surface area contributed by atoms with E-state index in [1.54, 1.807) is 11.6 Å². The third kappa shape index (κ3) is 2.35. The van der Waals surface area contributed by atoms with E-state index in [0.29, 0.717) is 4.96 Å². The van der Waals surface area contributed by atoms with E-state index in [1.807, 2.05) is 0 Å². The number of nitrogens with one attached hydrogen (secondary N) is 1. The van der Waals surface area contributed by atoms with Crippen LogP contribution < -0.4 is 4.72 Å². The molecule has 0 atom stereocenters. The number of pyridine rings is 1. The molecule has 0 unspecified atom stereocenters. The second-order valence-corrected chi connectivity index (χ2v) is 6.95. The van der Waals surface area contributed by atoms with Crippen molar-refractivity contribution in [2.24, 2.45) is 0 Å². The molecule has 3 aromatic heterocycles. The van der Waals surface area contributed by atoms with Gasteiger partial charge in [-0.3, -0.25) is 9.12 Å². The van der Waals surface area contributed by atoms with Crippen LogP contribution in [0.2, 0.25) is 10.3 Å². The van der Waals surface area contributed by atoms with Gasteiger partial charge in [-0.15, -0.1) is 11.3 Å². The summed E-state index contributed by atoms with van der Waals surface area (Å²) in [5.41, 5.74) is 0.288. The third-order valence-corrected chi connectivity index (χ3v) is 5.17. The number of anilines is 1. The van der Waals surface area contributed by atoms with E-state index < -0.39 is 10.0 Å².